The number of nitrogens with two attached hydrogens (primary N) is 1. The first-order valence-electron chi connectivity index (χ1n) is 20.0. The molecule has 4 N–H and O–H groups in total. The van der Waals surface area contributed by atoms with Crippen LogP contribution in [0.5, 0.6) is 0 Å². The predicted molar refractivity (Wildman–Crippen MR) is 206 cm³/mol. The number of esters is 1. The van der Waals surface area contributed by atoms with E-state index in [0.717, 1.165) is 89.9 Å². The fourth-order valence-corrected chi connectivity index (χ4v) is 5.55. The average molecular weight is 687 g/mol. The van der Waals surface area contributed by atoms with Crippen molar-refractivity contribution in [2.24, 2.45) is 5.73 Å². The van der Waals surface area contributed by atoms with Crippen LogP contribution in [0.25, 0.3) is 0 Å². The Morgan fingerprint density at radius 3 is 1.78 bits per heavy atom. The first-order valence-corrected chi connectivity index (χ1v) is 20.0. The van der Waals surface area contributed by atoms with Crippen molar-refractivity contribution >= 4 is 17.8 Å². The maximum Gasteiger partial charge on any atom is 0.326 e. The number of ether oxygens (including phenoxy) is 1. The lowest BCUT2D eigenvalue weighted by molar-refractivity contribution is -0.147. The van der Waals surface area contributed by atoms with E-state index < -0.39 is 12.0 Å². The number of carbonyl (C=O) groups excluding carboxylic acids is 2. The molecule has 7 nitrogen and oxygen atoms in total. The molecule has 0 saturated carbocycles. The van der Waals surface area contributed by atoms with E-state index in [2.05, 4.69) is 67.8 Å². The Morgan fingerprint density at radius 1 is 0.612 bits per heavy atom. The van der Waals surface area contributed by atoms with Gasteiger partial charge in [0.25, 0.3) is 0 Å². The zero-order chi connectivity index (χ0) is 36.0. The maximum absolute atomic E-state index is 12.7. The Balaban J connectivity index is 4.38. The van der Waals surface area contributed by atoms with Gasteiger partial charge in [-0.2, -0.15) is 0 Å². The van der Waals surface area contributed by atoms with E-state index in [9.17, 15) is 19.5 Å². The third-order valence-corrected chi connectivity index (χ3v) is 8.58. The number of amides is 1. The average Bonchev–Trinajstić information content (AvgIpc) is 3.08. The van der Waals surface area contributed by atoms with Crippen molar-refractivity contribution < 1.29 is 24.2 Å². The van der Waals surface area contributed by atoms with Crippen molar-refractivity contribution in [3.05, 3.63) is 48.6 Å². The second-order valence-corrected chi connectivity index (χ2v) is 13.3. The molecule has 0 aliphatic heterocycles. The zero-order valence-electron chi connectivity index (χ0n) is 31.5. The Labute approximate surface area is 300 Å². The number of hydrogen-bond acceptors (Lipinski definition) is 5. The molecule has 0 heterocycles. The molecule has 0 aliphatic rings. The van der Waals surface area contributed by atoms with Crippen LogP contribution >= 0.6 is 0 Å². The lowest BCUT2D eigenvalue weighted by Crippen LogP contribution is -2.40. The van der Waals surface area contributed by atoms with Crippen molar-refractivity contribution in [3.8, 4) is 0 Å². The minimum Gasteiger partial charge on any atom is -0.480 e. The molecule has 2 unspecified atom stereocenters. The molecule has 0 aliphatic carbocycles. The van der Waals surface area contributed by atoms with Crippen molar-refractivity contribution in [3.63, 3.8) is 0 Å². The summed E-state index contributed by atoms with van der Waals surface area (Å²) in [6, 6.07) is -0.857. The fraction of sp³-hybridized carbons (Fsp3) is 0.738. The highest BCUT2D eigenvalue weighted by molar-refractivity contribution is 5.83. The van der Waals surface area contributed by atoms with Crippen LogP contribution in [0.3, 0.4) is 0 Å². The second kappa shape index (κ2) is 36.6. The fourth-order valence-electron chi connectivity index (χ4n) is 5.55. The Morgan fingerprint density at radius 2 is 1.16 bits per heavy atom. The van der Waals surface area contributed by atoms with E-state index in [1.165, 1.54) is 51.4 Å². The number of aliphatic carboxylic acids is 1. The lowest BCUT2D eigenvalue weighted by atomic mass is 10.0. The van der Waals surface area contributed by atoms with Crippen LogP contribution in [-0.4, -0.2) is 41.6 Å². The van der Waals surface area contributed by atoms with Crippen molar-refractivity contribution in [2.75, 3.05) is 6.54 Å². The van der Waals surface area contributed by atoms with E-state index in [0.29, 0.717) is 32.2 Å². The predicted octanol–water partition coefficient (Wildman–Crippen LogP) is 10.8. The molecule has 0 saturated heterocycles. The Bertz CT molecular complexity index is 911. The molecule has 0 bridgehead atoms. The van der Waals surface area contributed by atoms with Crippen molar-refractivity contribution in [1.82, 2.24) is 5.32 Å². The first-order chi connectivity index (χ1) is 23.9. The van der Waals surface area contributed by atoms with Crippen LogP contribution < -0.4 is 11.1 Å². The quantitative estimate of drug-likeness (QED) is 0.0347. The van der Waals surface area contributed by atoms with E-state index in [1.54, 1.807) is 0 Å². The van der Waals surface area contributed by atoms with Gasteiger partial charge in [0.05, 0.1) is 0 Å². The molecule has 282 valence electrons. The van der Waals surface area contributed by atoms with E-state index in [1.807, 2.05) is 0 Å². The SMILES string of the molecule is CCC/C=C\C/C=C\CCCCCCCC(=O)OC(/C=C\C/C=C\CCCCCC)CCCCCCCCC(=O)NC(CCCN)C(=O)O. The highest BCUT2D eigenvalue weighted by Gasteiger charge is 2.18. The van der Waals surface area contributed by atoms with E-state index >= 15 is 0 Å². The molecular weight excluding hydrogens is 612 g/mol. The smallest absolute Gasteiger partial charge is 0.326 e. The molecule has 0 aromatic rings. The summed E-state index contributed by atoms with van der Waals surface area (Å²) >= 11 is 0. The van der Waals surface area contributed by atoms with Crippen molar-refractivity contribution in [1.29, 1.82) is 0 Å². The molecule has 7 heteroatoms. The highest BCUT2D eigenvalue weighted by atomic mass is 16.5. The lowest BCUT2D eigenvalue weighted by Gasteiger charge is -2.15. The van der Waals surface area contributed by atoms with Gasteiger partial charge in [-0.1, -0.05) is 127 Å². The highest BCUT2D eigenvalue weighted by Crippen LogP contribution is 2.15. The second-order valence-electron chi connectivity index (χ2n) is 13.3. The number of carboxylic acid groups (broad SMARTS) is 1. The summed E-state index contributed by atoms with van der Waals surface area (Å²) in [5.74, 6) is -1.31. The van der Waals surface area contributed by atoms with Gasteiger partial charge in [0.1, 0.15) is 12.1 Å². The van der Waals surface area contributed by atoms with Crippen LogP contribution in [0.4, 0.5) is 0 Å². The third-order valence-electron chi connectivity index (χ3n) is 8.58. The molecular formula is C42H74N2O5. The molecule has 0 fully saturated rings. The van der Waals surface area contributed by atoms with Gasteiger partial charge in [0, 0.05) is 12.8 Å². The summed E-state index contributed by atoms with van der Waals surface area (Å²) < 4.78 is 5.92. The number of nitrogens with one attached hydrogen (secondary N) is 1. The molecule has 0 spiro atoms. The minimum absolute atomic E-state index is 0.0911. The zero-order valence-corrected chi connectivity index (χ0v) is 31.5. The van der Waals surface area contributed by atoms with Gasteiger partial charge in [-0.3, -0.25) is 9.59 Å². The van der Waals surface area contributed by atoms with Gasteiger partial charge in [0.15, 0.2) is 0 Å². The molecule has 2 atom stereocenters. The minimum atomic E-state index is -1.01. The van der Waals surface area contributed by atoms with Gasteiger partial charge < -0.3 is 20.9 Å². The van der Waals surface area contributed by atoms with Gasteiger partial charge in [-0.15, -0.1) is 0 Å². The summed E-state index contributed by atoms with van der Waals surface area (Å²) in [5, 5.41) is 11.9. The van der Waals surface area contributed by atoms with E-state index in [4.69, 9.17) is 10.5 Å². The Kier molecular flexibility index (Phi) is 34.6. The summed E-state index contributed by atoms with van der Waals surface area (Å²) in [4.78, 5) is 36.1. The molecule has 0 radical (unpaired) electrons. The van der Waals surface area contributed by atoms with Gasteiger partial charge in [0.2, 0.25) is 5.91 Å². The third kappa shape index (κ3) is 33.6. The summed E-state index contributed by atoms with van der Waals surface area (Å²) in [6.07, 6.45) is 43.1. The molecule has 1 amide bonds. The number of hydrogen-bond donors (Lipinski definition) is 3. The van der Waals surface area contributed by atoms with Crippen LogP contribution in [0, 0.1) is 0 Å². The van der Waals surface area contributed by atoms with Crippen molar-refractivity contribution in [2.45, 2.75) is 193 Å². The maximum atomic E-state index is 12.7. The monoisotopic (exact) mass is 687 g/mol. The Hall–Kier alpha value is -2.67. The first kappa shape index (κ1) is 46.3. The molecule has 0 rings (SSSR count). The van der Waals surface area contributed by atoms with E-state index in [-0.39, 0.29) is 18.0 Å². The molecule has 49 heavy (non-hydrogen) atoms. The number of unbranched alkanes of at least 4 members (excludes halogenated alkanes) is 15. The van der Waals surface area contributed by atoms with Crippen LogP contribution in [0.2, 0.25) is 0 Å². The molecule has 0 aromatic heterocycles. The number of carboxylic acids is 1. The van der Waals surface area contributed by atoms with Crippen LogP contribution in [-0.2, 0) is 19.1 Å². The van der Waals surface area contributed by atoms with Crippen LogP contribution in [0.1, 0.15) is 181 Å². The summed E-state index contributed by atoms with van der Waals surface area (Å²) in [6.45, 7) is 4.84. The van der Waals surface area contributed by atoms with Crippen LogP contribution in [0.15, 0.2) is 48.6 Å². The van der Waals surface area contributed by atoms with Gasteiger partial charge in [-0.25, -0.2) is 4.79 Å². The van der Waals surface area contributed by atoms with Gasteiger partial charge in [-0.05, 0) is 96.1 Å². The van der Waals surface area contributed by atoms with Gasteiger partial charge >= 0.3 is 11.9 Å². The topological polar surface area (TPSA) is 119 Å². The summed E-state index contributed by atoms with van der Waals surface area (Å²) in [5.41, 5.74) is 5.47. The summed E-state index contributed by atoms with van der Waals surface area (Å²) in [7, 11) is 0. The number of allylic oxidation sites excluding steroid dienone is 7. The number of carbonyl (C=O) groups is 3. The standard InChI is InChI=1S/C42H74N2O5/c1-3-5-7-9-11-13-14-15-16-18-20-26-30-36-41(46)49-38(32-27-23-19-17-12-10-8-6-4-2)33-28-24-21-22-25-29-35-40(45)44-39(42(47)48)34-31-37-43/h7,9,13-14,17,19,27,32,38-39H,3-6,8,10-12,15-16,18,20-26,28-31,33-37,43H2,1-2H3,(H,44,45)(H,47,48)/b9-7-,14-13-,19-17-,32-27-. The normalized spacial score (nSPS) is 13.2. The molecule has 0 aromatic carbocycles. The largest absolute Gasteiger partial charge is 0.480 e. The number of rotatable bonds is 35.